The Morgan fingerprint density at radius 2 is 1.78 bits per heavy atom. The number of carbonyl (C=O) groups excluding carboxylic acids is 1. The van der Waals surface area contributed by atoms with Gasteiger partial charge in [0.1, 0.15) is 5.75 Å². The number of hydrogen-bond acceptors (Lipinski definition) is 2. The van der Waals surface area contributed by atoms with E-state index < -0.39 is 0 Å². The average molecular weight is 245 g/mol. The fourth-order valence-electron chi connectivity index (χ4n) is 2.60. The second-order valence-electron chi connectivity index (χ2n) is 5.42. The molecule has 96 valence electrons. The van der Waals surface area contributed by atoms with Crippen molar-refractivity contribution in [2.45, 2.75) is 25.7 Å². The van der Waals surface area contributed by atoms with E-state index >= 15 is 0 Å². The quantitative estimate of drug-likeness (QED) is 0.865. The molecule has 0 unspecified atom stereocenters. The zero-order valence-corrected chi connectivity index (χ0v) is 10.5. The molecule has 1 amide bonds. The molecule has 0 saturated heterocycles. The van der Waals surface area contributed by atoms with Gasteiger partial charge in [-0.2, -0.15) is 0 Å². The molecule has 18 heavy (non-hydrogen) atoms. The first-order valence-corrected chi connectivity index (χ1v) is 6.83. The Labute approximate surface area is 108 Å². The largest absolute Gasteiger partial charge is 0.412 e. The van der Waals surface area contributed by atoms with E-state index in [1.165, 1.54) is 25.7 Å². The van der Waals surface area contributed by atoms with E-state index in [4.69, 9.17) is 4.74 Å². The van der Waals surface area contributed by atoms with Crippen LogP contribution in [0, 0.1) is 17.8 Å². The first-order chi connectivity index (χ1) is 8.83. The van der Waals surface area contributed by atoms with Gasteiger partial charge in [0.15, 0.2) is 0 Å². The van der Waals surface area contributed by atoms with Crippen LogP contribution in [0.5, 0.6) is 5.75 Å². The summed E-state index contributed by atoms with van der Waals surface area (Å²) in [6.07, 6.45) is 5.05. The SMILES string of the molecule is O=C(NCC(C1CC1)C1CC1)Oc1ccccc1. The molecule has 3 rings (SSSR count). The predicted octanol–water partition coefficient (Wildman–Crippen LogP) is 3.21. The Bertz CT molecular complexity index is 398. The lowest BCUT2D eigenvalue weighted by atomic mass is 9.98. The van der Waals surface area contributed by atoms with Gasteiger partial charge >= 0.3 is 6.09 Å². The van der Waals surface area contributed by atoms with Crippen LogP contribution in [0.1, 0.15) is 25.7 Å². The summed E-state index contributed by atoms with van der Waals surface area (Å²) >= 11 is 0. The van der Waals surface area contributed by atoms with Gasteiger partial charge in [0.2, 0.25) is 0 Å². The number of nitrogens with one attached hydrogen (secondary N) is 1. The molecule has 0 aliphatic heterocycles. The van der Waals surface area contributed by atoms with Crippen molar-refractivity contribution < 1.29 is 9.53 Å². The molecule has 3 heteroatoms. The molecule has 0 radical (unpaired) electrons. The average Bonchev–Trinajstić information content (AvgIpc) is 3.25. The standard InChI is InChI=1S/C15H19NO2/c17-15(18-13-4-2-1-3-5-13)16-10-14(11-6-7-11)12-8-9-12/h1-5,11-12,14H,6-10H2,(H,16,17). The number of rotatable bonds is 5. The minimum Gasteiger partial charge on any atom is -0.410 e. The normalized spacial score (nSPS) is 18.7. The molecule has 0 atom stereocenters. The van der Waals surface area contributed by atoms with Crippen LogP contribution in [0.2, 0.25) is 0 Å². The van der Waals surface area contributed by atoms with Crippen molar-refractivity contribution in [3.8, 4) is 5.75 Å². The van der Waals surface area contributed by atoms with Gasteiger partial charge in [-0.25, -0.2) is 4.79 Å². The molecule has 2 fully saturated rings. The van der Waals surface area contributed by atoms with Crippen molar-refractivity contribution >= 4 is 6.09 Å². The molecule has 3 nitrogen and oxygen atoms in total. The van der Waals surface area contributed by atoms with E-state index in [2.05, 4.69) is 5.32 Å². The third-order valence-corrected chi connectivity index (χ3v) is 3.89. The smallest absolute Gasteiger partial charge is 0.410 e. The maximum absolute atomic E-state index is 11.7. The van der Waals surface area contributed by atoms with Crippen molar-refractivity contribution in [1.29, 1.82) is 0 Å². The van der Waals surface area contributed by atoms with E-state index in [1.807, 2.05) is 18.2 Å². The zero-order valence-electron chi connectivity index (χ0n) is 10.5. The first-order valence-electron chi connectivity index (χ1n) is 6.83. The zero-order chi connectivity index (χ0) is 12.4. The van der Waals surface area contributed by atoms with Gasteiger partial charge in [-0.15, -0.1) is 0 Å². The maximum atomic E-state index is 11.7. The summed E-state index contributed by atoms with van der Waals surface area (Å²) in [4.78, 5) is 11.7. The van der Waals surface area contributed by atoms with Gasteiger partial charge in [-0.3, -0.25) is 0 Å². The molecule has 2 saturated carbocycles. The summed E-state index contributed by atoms with van der Waals surface area (Å²) in [6, 6.07) is 9.21. The number of ether oxygens (including phenoxy) is 1. The molecule has 1 N–H and O–H groups in total. The Balaban J connectivity index is 1.46. The Kier molecular flexibility index (Phi) is 3.22. The summed E-state index contributed by atoms with van der Waals surface area (Å²) in [5.41, 5.74) is 0. The topological polar surface area (TPSA) is 38.3 Å². The summed E-state index contributed by atoms with van der Waals surface area (Å²) in [6.45, 7) is 0.779. The minimum atomic E-state index is -0.326. The van der Waals surface area contributed by atoms with Crippen LogP contribution in [-0.2, 0) is 0 Å². The maximum Gasteiger partial charge on any atom is 0.412 e. The van der Waals surface area contributed by atoms with Crippen molar-refractivity contribution in [3.63, 3.8) is 0 Å². The van der Waals surface area contributed by atoms with Gasteiger partial charge in [-0.1, -0.05) is 18.2 Å². The minimum absolute atomic E-state index is 0.326. The van der Waals surface area contributed by atoms with Crippen molar-refractivity contribution in [1.82, 2.24) is 5.32 Å². The molecule has 1 aromatic carbocycles. The van der Waals surface area contributed by atoms with Crippen LogP contribution in [0.15, 0.2) is 30.3 Å². The molecular formula is C15H19NO2. The number of carbonyl (C=O) groups is 1. The van der Waals surface area contributed by atoms with Crippen LogP contribution in [0.25, 0.3) is 0 Å². The van der Waals surface area contributed by atoms with Gasteiger partial charge in [0.25, 0.3) is 0 Å². The van der Waals surface area contributed by atoms with Crippen LogP contribution in [0.4, 0.5) is 4.79 Å². The second-order valence-corrected chi connectivity index (χ2v) is 5.42. The van der Waals surface area contributed by atoms with Gasteiger partial charge in [0, 0.05) is 6.54 Å². The molecule has 0 heterocycles. The molecule has 2 aliphatic rings. The summed E-state index contributed by atoms with van der Waals surface area (Å²) in [5, 5.41) is 2.91. The fraction of sp³-hybridized carbons (Fsp3) is 0.533. The number of hydrogen-bond donors (Lipinski definition) is 1. The number of para-hydroxylation sites is 1. The predicted molar refractivity (Wildman–Crippen MR) is 69.4 cm³/mol. The molecule has 0 aromatic heterocycles. The monoisotopic (exact) mass is 245 g/mol. The van der Waals surface area contributed by atoms with Crippen LogP contribution in [0.3, 0.4) is 0 Å². The van der Waals surface area contributed by atoms with Crippen molar-refractivity contribution in [3.05, 3.63) is 30.3 Å². The third-order valence-electron chi connectivity index (χ3n) is 3.89. The van der Waals surface area contributed by atoms with Crippen LogP contribution >= 0.6 is 0 Å². The molecule has 1 aromatic rings. The highest BCUT2D eigenvalue weighted by Crippen LogP contribution is 2.48. The van der Waals surface area contributed by atoms with E-state index in [1.54, 1.807) is 12.1 Å². The molecule has 0 spiro atoms. The lowest BCUT2D eigenvalue weighted by Crippen LogP contribution is -2.33. The molecular weight excluding hydrogens is 226 g/mol. The lowest BCUT2D eigenvalue weighted by molar-refractivity contribution is 0.196. The second kappa shape index (κ2) is 5.01. The van der Waals surface area contributed by atoms with E-state index in [0.29, 0.717) is 11.7 Å². The van der Waals surface area contributed by atoms with E-state index in [0.717, 1.165) is 18.4 Å². The van der Waals surface area contributed by atoms with Crippen molar-refractivity contribution in [2.75, 3.05) is 6.54 Å². The van der Waals surface area contributed by atoms with Crippen LogP contribution in [-0.4, -0.2) is 12.6 Å². The summed E-state index contributed by atoms with van der Waals surface area (Å²) < 4.78 is 5.22. The molecule has 2 aliphatic carbocycles. The Morgan fingerprint density at radius 1 is 1.17 bits per heavy atom. The number of benzene rings is 1. The van der Waals surface area contributed by atoms with Gasteiger partial charge < -0.3 is 10.1 Å². The Hall–Kier alpha value is -1.51. The summed E-state index contributed by atoms with van der Waals surface area (Å²) in [5.74, 6) is 3.00. The fourth-order valence-corrected chi connectivity index (χ4v) is 2.60. The highest BCUT2D eigenvalue weighted by atomic mass is 16.6. The van der Waals surface area contributed by atoms with Gasteiger partial charge in [-0.05, 0) is 55.6 Å². The van der Waals surface area contributed by atoms with E-state index in [9.17, 15) is 4.79 Å². The molecule has 0 bridgehead atoms. The third kappa shape index (κ3) is 3.03. The number of amides is 1. The lowest BCUT2D eigenvalue weighted by Gasteiger charge is -2.15. The van der Waals surface area contributed by atoms with E-state index in [-0.39, 0.29) is 6.09 Å². The summed E-state index contributed by atoms with van der Waals surface area (Å²) in [7, 11) is 0. The van der Waals surface area contributed by atoms with Crippen LogP contribution < -0.4 is 10.1 Å². The first kappa shape index (κ1) is 11.6. The van der Waals surface area contributed by atoms with Crippen molar-refractivity contribution in [2.24, 2.45) is 17.8 Å². The van der Waals surface area contributed by atoms with Gasteiger partial charge in [0.05, 0.1) is 0 Å². The highest BCUT2D eigenvalue weighted by molar-refractivity contribution is 5.70. The highest BCUT2D eigenvalue weighted by Gasteiger charge is 2.41. The Morgan fingerprint density at radius 3 is 2.33 bits per heavy atom.